The van der Waals surface area contributed by atoms with Crippen LogP contribution < -0.4 is 4.74 Å². The Labute approximate surface area is 191 Å². The quantitative estimate of drug-likeness (QED) is 0.627. The lowest BCUT2D eigenvalue weighted by Gasteiger charge is -2.50. The minimum atomic E-state index is -0.309. The molecule has 0 aliphatic heterocycles. The molecule has 4 aliphatic rings. The zero-order valence-electron chi connectivity index (χ0n) is 19.3. The molecule has 4 aliphatic carbocycles. The third-order valence-corrected chi connectivity index (χ3v) is 9.44. The Bertz CT molecular complexity index is 1020. The van der Waals surface area contributed by atoms with Gasteiger partial charge in [-0.05, 0) is 96.4 Å². The van der Waals surface area contributed by atoms with Gasteiger partial charge in [0.2, 0.25) is 0 Å². The van der Waals surface area contributed by atoms with E-state index in [9.17, 15) is 5.11 Å². The largest absolute Gasteiger partial charge is 0.497 e. The summed E-state index contributed by atoms with van der Waals surface area (Å²) in [5.41, 5.74) is 4.45. The van der Waals surface area contributed by atoms with Gasteiger partial charge in [-0.3, -0.25) is 4.99 Å². The summed E-state index contributed by atoms with van der Waals surface area (Å²) in [4.78, 5) is 5.02. The number of hydrogen-bond donors (Lipinski definition) is 1. The summed E-state index contributed by atoms with van der Waals surface area (Å²) in [5, 5.41) is 11.4. The van der Waals surface area contributed by atoms with E-state index in [2.05, 4.69) is 61.7 Å². The lowest BCUT2D eigenvalue weighted by atomic mass is 9.55. The van der Waals surface area contributed by atoms with E-state index in [0.717, 1.165) is 25.0 Å². The molecule has 3 saturated carbocycles. The summed E-state index contributed by atoms with van der Waals surface area (Å²) in [6.45, 7) is 2.35. The second-order valence-electron chi connectivity index (χ2n) is 11.0. The zero-order valence-corrected chi connectivity index (χ0v) is 19.3. The van der Waals surface area contributed by atoms with E-state index in [0.29, 0.717) is 29.6 Å². The molecule has 3 heteroatoms. The first kappa shape index (κ1) is 20.5. The average molecular weight is 430 g/mol. The Hall–Kier alpha value is -2.13. The van der Waals surface area contributed by atoms with Gasteiger partial charge < -0.3 is 9.84 Å². The van der Waals surface area contributed by atoms with E-state index in [1.54, 1.807) is 7.11 Å². The molecule has 0 spiro atoms. The minimum Gasteiger partial charge on any atom is -0.497 e. The molecule has 0 bridgehead atoms. The molecule has 1 N–H and O–H groups in total. The molecule has 32 heavy (non-hydrogen) atoms. The van der Waals surface area contributed by atoms with Crippen molar-refractivity contribution in [3.63, 3.8) is 0 Å². The average Bonchev–Trinajstić information content (AvgIpc) is 3.57. The molecule has 0 amide bonds. The van der Waals surface area contributed by atoms with Crippen LogP contribution in [0, 0.1) is 23.2 Å². The lowest BCUT2D eigenvalue weighted by Crippen LogP contribution is -2.44. The van der Waals surface area contributed by atoms with E-state index in [1.165, 1.54) is 36.0 Å². The molecule has 0 heterocycles. The Balaban J connectivity index is 1.19. The van der Waals surface area contributed by atoms with Crippen molar-refractivity contribution in [1.29, 1.82) is 0 Å². The van der Waals surface area contributed by atoms with Crippen LogP contribution in [0.1, 0.15) is 67.6 Å². The van der Waals surface area contributed by atoms with Crippen molar-refractivity contribution >= 4 is 6.21 Å². The summed E-state index contributed by atoms with van der Waals surface area (Å²) in [6, 6.07) is 17.6. The fourth-order valence-corrected chi connectivity index (χ4v) is 7.50. The van der Waals surface area contributed by atoms with Crippen LogP contribution in [-0.2, 0) is 6.42 Å². The van der Waals surface area contributed by atoms with Crippen LogP contribution in [0.25, 0.3) is 0 Å². The molecule has 3 fully saturated rings. The molecule has 0 aromatic heterocycles. The zero-order chi connectivity index (χ0) is 21.9. The van der Waals surface area contributed by atoms with Crippen LogP contribution in [-0.4, -0.2) is 30.6 Å². The van der Waals surface area contributed by atoms with Crippen molar-refractivity contribution < 1.29 is 9.84 Å². The molecule has 2 aromatic rings. The van der Waals surface area contributed by atoms with Gasteiger partial charge in [-0.1, -0.05) is 43.3 Å². The minimum absolute atomic E-state index is 0.00945. The molecule has 0 unspecified atom stereocenters. The van der Waals surface area contributed by atoms with Crippen molar-refractivity contribution in [2.45, 2.75) is 69.4 Å². The van der Waals surface area contributed by atoms with Gasteiger partial charge in [-0.15, -0.1) is 0 Å². The number of methoxy groups -OCH3 is 1. The Kier molecular flexibility index (Phi) is 4.94. The van der Waals surface area contributed by atoms with E-state index in [4.69, 9.17) is 9.73 Å². The van der Waals surface area contributed by atoms with Gasteiger partial charge in [0, 0.05) is 12.1 Å². The first-order valence-corrected chi connectivity index (χ1v) is 12.5. The normalized spacial score (nSPS) is 39.9. The molecule has 168 valence electrons. The molecule has 3 nitrogen and oxygen atoms in total. The summed E-state index contributed by atoms with van der Waals surface area (Å²) in [5.74, 6) is 4.00. The maximum Gasteiger partial charge on any atom is 0.119 e. The number of hydrogen-bond acceptors (Lipinski definition) is 3. The van der Waals surface area contributed by atoms with E-state index < -0.39 is 0 Å². The Morgan fingerprint density at radius 1 is 1.06 bits per heavy atom. The molecule has 0 saturated heterocycles. The molecule has 8 atom stereocenters. The highest BCUT2D eigenvalue weighted by molar-refractivity contribution is 5.67. The number of aliphatic hydroxyl groups excluding tert-OH is 1. The summed E-state index contributed by atoms with van der Waals surface area (Å²) in [6.07, 6.45) is 8.77. The second kappa shape index (κ2) is 7.73. The fraction of sp³-hybridized carbons (Fsp3) is 0.552. The number of benzene rings is 2. The molecular formula is C29H35NO2. The maximum atomic E-state index is 11.4. The van der Waals surface area contributed by atoms with Crippen molar-refractivity contribution in [3.8, 4) is 5.75 Å². The third-order valence-electron chi connectivity index (χ3n) is 9.44. The first-order valence-electron chi connectivity index (χ1n) is 12.5. The van der Waals surface area contributed by atoms with Crippen molar-refractivity contribution in [2.75, 3.05) is 7.11 Å². The van der Waals surface area contributed by atoms with Crippen molar-refractivity contribution in [1.82, 2.24) is 0 Å². The summed E-state index contributed by atoms with van der Waals surface area (Å²) in [7, 11) is 1.75. The van der Waals surface area contributed by atoms with Gasteiger partial charge in [0.05, 0.1) is 19.3 Å². The predicted octanol–water partition coefficient (Wildman–Crippen LogP) is 5.77. The topological polar surface area (TPSA) is 41.8 Å². The van der Waals surface area contributed by atoms with Crippen LogP contribution >= 0.6 is 0 Å². The van der Waals surface area contributed by atoms with E-state index in [1.807, 2.05) is 0 Å². The predicted molar refractivity (Wildman–Crippen MR) is 129 cm³/mol. The summed E-state index contributed by atoms with van der Waals surface area (Å²) < 4.78 is 5.47. The van der Waals surface area contributed by atoms with Crippen molar-refractivity contribution in [3.05, 3.63) is 65.2 Å². The first-order chi connectivity index (χ1) is 15.6. The van der Waals surface area contributed by atoms with Gasteiger partial charge in [-0.25, -0.2) is 0 Å². The highest BCUT2D eigenvalue weighted by Crippen LogP contribution is 2.61. The van der Waals surface area contributed by atoms with Gasteiger partial charge in [0.15, 0.2) is 0 Å². The van der Waals surface area contributed by atoms with E-state index in [-0.39, 0.29) is 17.6 Å². The SMILES string of the molecule is COc1ccc2c(c1)CC[C@@H]1[C@@H]2CC[C@]2(C)[C@@H](O)[C@@H](N=C[C@@H]3C[C@H]3c3ccccc3)C[C@@H]12. The highest BCUT2D eigenvalue weighted by atomic mass is 16.5. The Morgan fingerprint density at radius 2 is 1.91 bits per heavy atom. The number of rotatable bonds is 4. The van der Waals surface area contributed by atoms with Gasteiger partial charge in [-0.2, -0.15) is 0 Å². The monoisotopic (exact) mass is 429 g/mol. The number of aryl methyl sites for hydroxylation is 1. The molecule has 0 radical (unpaired) electrons. The van der Waals surface area contributed by atoms with Crippen LogP contribution in [0.2, 0.25) is 0 Å². The van der Waals surface area contributed by atoms with Crippen LogP contribution in [0.3, 0.4) is 0 Å². The fourth-order valence-electron chi connectivity index (χ4n) is 7.50. The van der Waals surface area contributed by atoms with Crippen molar-refractivity contribution in [2.24, 2.45) is 28.2 Å². The van der Waals surface area contributed by atoms with Crippen LogP contribution in [0.5, 0.6) is 5.75 Å². The number of fused-ring (bicyclic) bond motifs is 5. The Morgan fingerprint density at radius 3 is 2.72 bits per heavy atom. The third kappa shape index (κ3) is 3.23. The number of aliphatic imine (C=N–C) groups is 1. The number of nitrogens with zero attached hydrogens (tertiary/aromatic N) is 1. The number of aliphatic hydroxyl groups is 1. The smallest absolute Gasteiger partial charge is 0.119 e. The lowest BCUT2D eigenvalue weighted by molar-refractivity contribution is -0.0254. The van der Waals surface area contributed by atoms with Gasteiger partial charge >= 0.3 is 0 Å². The second-order valence-corrected chi connectivity index (χ2v) is 11.0. The standard InChI is InChI=1S/C29H35NO2/c1-29-13-12-23-22-11-9-21(32-2)14-19(22)8-10-24(23)26(29)16-27(28(29)31)30-17-20-15-25(20)18-6-4-3-5-7-18/h3-7,9,11,14,17,20,23-28,31H,8,10,12-13,15-16H2,1-2H3/t20-,23+,24+,25-,26-,27-,28-,29-/m0/s1. The number of ether oxygens (including phenoxy) is 1. The van der Waals surface area contributed by atoms with Gasteiger partial charge in [0.1, 0.15) is 5.75 Å². The molecule has 6 rings (SSSR count). The van der Waals surface area contributed by atoms with Crippen LogP contribution in [0.15, 0.2) is 53.5 Å². The molecule has 2 aromatic carbocycles. The van der Waals surface area contributed by atoms with E-state index >= 15 is 0 Å². The highest BCUT2D eigenvalue weighted by Gasteiger charge is 2.58. The molecular weight excluding hydrogens is 394 g/mol. The van der Waals surface area contributed by atoms with Gasteiger partial charge in [0.25, 0.3) is 0 Å². The maximum absolute atomic E-state index is 11.4. The van der Waals surface area contributed by atoms with Crippen LogP contribution in [0.4, 0.5) is 0 Å². The summed E-state index contributed by atoms with van der Waals surface area (Å²) >= 11 is 0.